The Kier molecular flexibility index (Phi) is 3.80. The summed E-state index contributed by atoms with van der Waals surface area (Å²) in [4.78, 5) is 25.7. The number of anilines is 1. The maximum atomic E-state index is 13.5. The molecule has 8 nitrogen and oxygen atoms in total. The molecule has 0 radical (unpaired) electrons. The number of rotatable bonds is 3. The highest BCUT2D eigenvalue weighted by Crippen LogP contribution is 2.26. The lowest BCUT2D eigenvalue weighted by atomic mass is 10.1. The van der Waals surface area contributed by atoms with Crippen LogP contribution in [0.5, 0.6) is 0 Å². The Bertz CT molecular complexity index is 1010. The Morgan fingerprint density at radius 3 is 2.48 bits per heavy atom. The number of fused-ring (bicyclic) bond motifs is 1. The highest BCUT2D eigenvalue weighted by Gasteiger charge is 2.38. The van der Waals surface area contributed by atoms with E-state index in [1.807, 2.05) is 0 Å². The number of hydrogen-bond donors (Lipinski definition) is 1. The molecule has 0 fully saturated rings. The summed E-state index contributed by atoms with van der Waals surface area (Å²) in [5, 5.41) is 14.9. The summed E-state index contributed by atoms with van der Waals surface area (Å²) in [5.74, 6) is -2.09. The lowest BCUT2D eigenvalue weighted by molar-refractivity contribution is -0.384. The van der Waals surface area contributed by atoms with Gasteiger partial charge in [0.1, 0.15) is 0 Å². The van der Waals surface area contributed by atoms with Crippen LogP contribution in [0.15, 0.2) is 60.0 Å². The van der Waals surface area contributed by atoms with Crippen molar-refractivity contribution in [3.63, 3.8) is 0 Å². The second-order valence-corrected chi connectivity index (χ2v) is 5.78. The zero-order chi connectivity index (χ0) is 19.1. The molecule has 4 rings (SSSR count). The summed E-state index contributed by atoms with van der Waals surface area (Å²) in [5.41, 5.74) is 3.39. The molecule has 0 saturated heterocycles. The third-order valence-electron chi connectivity index (χ3n) is 4.18. The lowest BCUT2D eigenvalue weighted by Crippen LogP contribution is -2.52. The largest absolute Gasteiger partial charge is 0.299 e. The highest BCUT2D eigenvalue weighted by atomic mass is 19.2. The molecule has 0 saturated carbocycles. The van der Waals surface area contributed by atoms with Gasteiger partial charge in [0, 0.05) is 36.2 Å². The van der Waals surface area contributed by atoms with E-state index >= 15 is 0 Å². The molecule has 2 aromatic rings. The molecular formula is C17H11F2N5O3. The maximum absolute atomic E-state index is 13.5. The van der Waals surface area contributed by atoms with Crippen molar-refractivity contribution in [3.8, 4) is 0 Å². The van der Waals surface area contributed by atoms with Crippen LogP contribution in [0.2, 0.25) is 0 Å². The zero-order valence-electron chi connectivity index (χ0n) is 13.5. The van der Waals surface area contributed by atoms with Gasteiger partial charge < -0.3 is 0 Å². The van der Waals surface area contributed by atoms with E-state index in [0.29, 0.717) is 11.4 Å². The van der Waals surface area contributed by atoms with Gasteiger partial charge in [-0.25, -0.2) is 8.78 Å². The molecule has 1 unspecified atom stereocenters. The van der Waals surface area contributed by atoms with Gasteiger partial charge in [-0.15, -0.1) is 0 Å². The molecule has 2 aromatic carbocycles. The lowest BCUT2D eigenvalue weighted by Gasteiger charge is -2.32. The van der Waals surface area contributed by atoms with Crippen molar-refractivity contribution in [1.82, 2.24) is 10.3 Å². The highest BCUT2D eigenvalue weighted by molar-refractivity contribution is 6.08. The fourth-order valence-electron chi connectivity index (χ4n) is 2.83. The second-order valence-electron chi connectivity index (χ2n) is 5.78. The SMILES string of the molecule is O=C1C2NN=C(c3ccc([N+](=O)[O-])cc3)N2C=CN1c1ccc(F)c(F)c1. The predicted molar refractivity (Wildman–Crippen MR) is 91.4 cm³/mol. The summed E-state index contributed by atoms with van der Waals surface area (Å²) >= 11 is 0. The quantitative estimate of drug-likeness (QED) is 0.660. The Balaban J connectivity index is 1.61. The number of nitrogens with zero attached hydrogens (tertiary/aromatic N) is 4. The van der Waals surface area contributed by atoms with Crippen LogP contribution in [-0.4, -0.2) is 27.7 Å². The van der Waals surface area contributed by atoms with E-state index in [-0.39, 0.29) is 11.4 Å². The summed E-state index contributed by atoms with van der Waals surface area (Å²) in [7, 11) is 0. The number of amides is 1. The van der Waals surface area contributed by atoms with Gasteiger partial charge in [-0.3, -0.25) is 30.1 Å². The van der Waals surface area contributed by atoms with Gasteiger partial charge in [-0.05, 0) is 24.3 Å². The number of hydrazone groups is 1. The number of nitro groups is 1. The molecule has 2 aliphatic rings. The topological polar surface area (TPSA) is 91.1 Å². The third-order valence-corrected chi connectivity index (χ3v) is 4.18. The van der Waals surface area contributed by atoms with Crippen molar-refractivity contribution in [1.29, 1.82) is 0 Å². The minimum absolute atomic E-state index is 0.0587. The number of nitro benzene ring substituents is 1. The summed E-state index contributed by atoms with van der Waals surface area (Å²) in [6.45, 7) is 0. The summed E-state index contributed by atoms with van der Waals surface area (Å²) in [6.07, 6.45) is 2.11. The Morgan fingerprint density at radius 2 is 1.81 bits per heavy atom. The molecule has 0 aliphatic carbocycles. The molecule has 1 amide bonds. The van der Waals surface area contributed by atoms with E-state index in [4.69, 9.17) is 0 Å². The first-order valence-electron chi connectivity index (χ1n) is 7.78. The average Bonchev–Trinajstić information content (AvgIpc) is 3.09. The van der Waals surface area contributed by atoms with Crippen molar-refractivity contribution in [2.75, 3.05) is 4.90 Å². The van der Waals surface area contributed by atoms with Crippen LogP contribution >= 0.6 is 0 Å². The maximum Gasteiger partial charge on any atom is 0.276 e. The molecule has 136 valence electrons. The molecule has 0 aromatic heterocycles. The van der Waals surface area contributed by atoms with E-state index < -0.39 is 28.6 Å². The standard InChI is InChI=1S/C17H11F2N5O3/c18-13-6-5-12(9-14(13)19)22-7-8-23-15(20-21-16(23)17(22)25)10-1-3-11(4-2-10)24(26)27/h1-9,16,21H. The smallest absolute Gasteiger partial charge is 0.276 e. The average molecular weight is 371 g/mol. The van der Waals surface area contributed by atoms with Crippen molar-refractivity contribution in [3.05, 3.63) is 82.2 Å². The van der Waals surface area contributed by atoms with Gasteiger partial charge in [-0.2, -0.15) is 5.10 Å². The predicted octanol–water partition coefficient (Wildman–Crippen LogP) is 2.28. The van der Waals surface area contributed by atoms with Crippen molar-refractivity contribution < 1.29 is 18.5 Å². The third kappa shape index (κ3) is 2.76. The number of halogens is 2. The van der Waals surface area contributed by atoms with Crippen LogP contribution in [-0.2, 0) is 4.79 Å². The fourth-order valence-corrected chi connectivity index (χ4v) is 2.83. The summed E-state index contributed by atoms with van der Waals surface area (Å²) in [6, 6.07) is 8.91. The minimum atomic E-state index is -1.06. The molecule has 27 heavy (non-hydrogen) atoms. The van der Waals surface area contributed by atoms with E-state index in [1.54, 1.807) is 11.1 Å². The van der Waals surface area contributed by atoms with Crippen LogP contribution in [0.4, 0.5) is 20.2 Å². The van der Waals surface area contributed by atoms with E-state index in [1.165, 1.54) is 41.4 Å². The number of nitrogens with one attached hydrogen (secondary N) is 1. The molecular weight excluding hydrogens is 360 g/mol. The van der Waals surface area contributed by atoms with Crippen molar-refractivity contribution >= 4 is 23.1 Å². The molecule has 2 aliphatic heterocycles. The van der Waals surface area contributed by atoms with Gasteiger partial charge in [0.15, 0.2) is 17.5 Å². The van der Waals surface area contributed by atoms with Crippen molar-refractivity contribution in [2.24, 2.45) is 5.10 Å². The van der Waals surface area contributed by atoms with Crippen LogP contribution in [0, 0.1) is 21.7 Å². The Hall–Kier alpha value is -3.82. The molecule has 1 atom stereocenters. The van der Waals surface area contributed by atoms with E-state index in [2.05, 4.69) is 10.5 Å². The molecule has 1 N–H and O–H groups in total. The van der Waals surface area contributed by atoms with Gasteiger partial charge in [0.25, 0.3) is 11.6 Å². The first-order valence-corrected chi connectivity index (χ1v) is 7.78. The van der Waals surface area contributed by atoms with Crippen LogP contribution in [0.3, 0.4) is 0 Å². The van der Waals surface area contributed by atoms with Gasteiger partial charge in [0.05, 0.1) is 10.6 Å². The fraction of sp³-hybridized carbons (Fsp3) is 0.0588. The molecule has 10 heteroatoms. The first-order chi connectivity index (χ1) is 13.0. The van der Waals surface area contributed by atoms with Gasteiger partial charge in [-0.1, -0.05) is 0 Å². The molecule has 2 heterocycles. The van der Waals surface area contributed by atoms with Crippen LogP contribution < -0.4 is 10.3 Å². The van der Waals surface area contributed by atoms with Crippen LogP contribution in [0.1, 0.15) is 5.56 Å². The van der Waals surface area contributed by atoms with Crippen molar-refractivity contribution in [2.45, 2.75) is 6.17 Å². The number of amidine groups is 1. The number of carbonyl (C=O) groups excluding carboxylic acids is 1. The first kappa shape index (κ1) is 16.6. The number of benzene rings is 2. The monoisotopic (exact) mass is 371 g/mol. The molecule has 0 bridgehead atoms. The second kappa shape index (κ2) is 6.16. The summed E-state index contributed by atoms with van der Waals surface area (Å²) < 4.78 is 26.6. The zero-order valence-corrected chi connectivity index (χ0v) is 13.5. The minimum Gasteiger partial charge on any atom is -0.299 e. The van der Waals surface area contributed by atoms with E-state index in [0.717, 1.165) is 12.1 Å². The number of non-ortho nitro benzene ring substituents is 1. The van der Waals surface area contributed by atoms with Gasteiger partial charge >= 0.3 is 0 Å². The number of hydrogen-bond acceptors (Lipinski definition) is 6. The van der Waals surface area contributed by atoms with E-state index in [9.17, 15) is 23.7 Å². The van der Waals surface area contributed by atoms with Gasteiger partial charge in [0.2, 0.25) is 6.17 Å². The van der Waals surface area contributed by atoms with Crippen LogP contribution in [0.25, 0.3) is 0 Å². The molecule has 0 spiro atoms. The normalized spacial score (nSPS) is 18.2. The Morgan fingerprint density at radius 1 is 1.07 bits per heavy atom. The number of carbonyl (C=O) groups is 1. The Labute approximate surface area is 151 Å².